The number of halogens is 1. The van der Waals surface area contributed by atoms with E-state index in [1.165, 1.54) is 12.5 Å². The quantitative estimate of drug-likeness (QED) is 0.469. The maximum atomic E-state index is 14.7. The Labute approximate surface area is 227 Å². The van der Waals surface area contributed by atoms with E-state index < -0.39 is 17.7 Å². The van der Waals surface area contributed by atoms with Crippen molar-refractivity contribution in [3.8, 4) is 12.1 Å². The summed E-state index contributed by atoms with van der Waals surface area (Å²) in [7, 11) is 0. The molecule has 2 saturated heterocycles. The van der Waals surface area contributed by atoms with E-state index in [4.69, 9.17) is 0 Å². The molecule has 0 spiro atoms. The second kappa shape index (κ2) is 10.3. The van der Waals surface area contributed by atoms with Gasteiger partial charge in [-0.15, -0.1) is 0 Å². The van der Waals surface area contributed by atoms with E-state index in [1.54, 1.807) is 17.2 Å². The van der Waals surface area contributed by atoms with Crippen LogP contribution in [0.4, 0.5) is 27.7 Å². The molecule has 2 aliphatic rings. The van der Waals surface area contributed by atoms with Crippen LogP contribution in [0.15, 0.2) is 36.7 Å². The Morgan fingerprint density at radius 2 is 1.92 bits per heavy atom. The van der Waals surface area contributed by atoms with Crippen LogP contribution in [0, 0.1) is 34.5 Å². The van der Waals surface area contributed by atoms with E-state index >= 15 is 0 Å². The largest absolute Gasteiger partial charge is 0.390 e. The zero-order chi connectivity index (χ0) is 27.9. The maximum absolute atomic E-state index is 14.7. The number of hydrogen-bond donors (Lipinski definition) is 2. The van der Waals surface area contributed by atoms with Gasteiger partial charge in [-0.1, -0.05) is 19.9 Å². The van der Waals surface area contributed by atoms with E-state index in [0.717, 1.165) is 16.5 Å². The third-order valence-corrected chi connectivity index (χ3v) is 8.12. The van der Waals surface area contributed by atoms with Crippen molar-refractivity contribution < 1.29 is 9.50 Å². The van der Waals surface area contributed by atoms with Crippen LogP contribution in [0.2, 0.25) is 0 Å². The summed E-state index contributed by atoms with van der Waals surface area (Å²) in [6.07, 6.45) is 2.79. The van der Waals surface area contributed by atoms with Crippen molar-refractivity contribution in [3.63, 3.8) is 0 Å². The van der Waals surface area contributed by atoms with Crippen LogP contribution in [-0.2, 0) is 0 Å². The highest BCUT2D eigenvalue weighted by atomic mass is 19.1. The molecule has 2 aromatic heterocycles. The number of aliphatic hydroxyl groups is 1. The number of rotatable bonds is 6. The molecule has 0 unspecified atom stereocenters. The summed E-state index contributed by atoms with van der Waals surface area (Å²) in [6, 6.07) is 12.3. The van der Waals surface area contributed by atoms with Gasteiger partial charge in [-0.2, -0.15) is 15.5 Å². The molecular weight excluding hydrogens is 495 g/mol. The van der Waals surface area contributed by atoms with Gasteiger partial charge in [0.25, 0.3) is 0 Å². The van der Waals surface area contributed by atoms with Crippen molar-refractivity contribution >= 4 is 34.0 Å². The van der Waals surface area contributed by atoms with Gasteiger partial charge in [0.2, 0.25) is 5.95 Å². The number of fused-ring (bicyclic) bond motifs is 1. The van der Waals surface area contributed by atoms with Crippen molar-refractivity contribution in [1.82, 2.24) is 15.0 Å². The molecular formula is C29H33FN8O. The van der Waals surface area contributed by atoms with Crippen LogP contribution < -0.4 is 15.1 Å². The number of nitrogens with one attached hydrogen (secondary N) is 1. The van der Waals surface area contributed by atoms with Gasteiger partial charge in [-0.25, -0.2) is 14.4 Å². The average Bonchev–Trinajstić information content (AvgIpc) is 2.91. The number of hydrogen-bond acceptors (Lipinski definition) is 9. The molecule has 0 saturated carbocycles. The molecule has 1 aromatic carbocycles. The molecule has 4 atom stereocenters. The fourth-order valence-electron chi connectivity index (χ4n) is 5.64. The van der Waals surface area contributed by atoms with Crippen LogP contribution in [0.3, 0.4) is 0 Å². The normalized spacial score (nSPS) is 24.9. The SMILES string of the molecule is CC(C)c1ccc(N2C[C@H](C(C#N)C#N)[C@H]2C)c2cnc(Nc3ccnc(N4CC[C@@H](O)[C@@](C)(F)C4)n3)cc12. The number of pyridine rings is 1. The lowest BCUT2D eigenvalue weighted by atomic mass is 9.79. The number of aromatic nitrogens is 3. The molecule has 0 aliphatic carbocycles. The van der Waals surface area contributed by atoms with Gasteiger partial charge in [0.1, 0.15) is 17.6 Å². The first-order valence-corrected chi connectivity index (χ1v) is 13.3. The van der Waals surface area contributed by atoms with Crippen LogP contribution in [0.25, 0.3) is 10.8 Å². The molecule has 2 N–H and O–H groups in total. The van der Waals surface area contributed by atoms with Gasteiger partial charge in [0.15, 0.2) is 5.67 Å². The first kappa shape index (κ1) is 26.6. The monoisotopic (exact) mass is 528 g/mol. The lowest BCUT2D eigenvalue weighted by Crippen LogP contribution is -2.57. The number of benzene rings is 1. The predicted octanol–water partition coefficient (Wildman–Crippen LogP) is 4.68. The highest BCUT2D eigenvalue weighted by Gasteiger charge is 2.42. The standard InChI is InChI=1S/C29H33FN8O/c1-17(2)20-5-6-24(38-15-23(18(38)3)19(12-31)13-32)22-14-34-27(11-21(20)22)35-26-7-9-33-28(36-26)37-10-8-25(39)29(4,30)16-37/h5-7,9,11,14,17-19,23,25,39H,8,10,15-16H2,1-4H3,(H,33,34,35,36)/t18-,23+,25-,29+/m1/s1. The third kappa shape index (κ3) is 4.93. The molecule has 5 rings (SSSR count). The number of aliphatic hydroxyl groups excluding tert-OH is 1. The minimum absolute atomic E-state index is 0.0131. The van der Waals surface area contributed by atoms with Crippen molar-refractivity contribution in [3.05, 3.63) is 42.2 Å². The highest BCUT2D eigenvalue weighted by Crippen LogP contribution is 2.41. The van der Waals surface area contributed by atoms with Crippen molar-refractivity contribution in [2.75, 3.05) is 34.8 Å². The van der Waals surface area contributed by atoms with Gasteiger partial charge in [0, 0.05) is 48.5 Å². The summed E-state index contributed by atoms with van der Waals surface area (Å²) in [5.74, 6) is 1.25. The molecule has 2 fully saturated rings. The van der Waals surface area contributed by atoms with Crippen molar-refractivity contribution in [1.29, 1.82) is 10.5 Å². The van der Waals surface area contributed by atoms with Gasteiger partial charge in [-0.05, 0) is 55.3 Å². The molecule has 3 aromatic rings. The zero-order valence-electron chi connectivity index (χ0n) is 22.6. The van der Waals surface area contributed by atoms with E-state index in [-0.39, 0.29) is 24.4 Å². The van der Waals surface area contributed by atoms with Crippen molar-refractivity contribution in [2.45, 2.75) is 57.8 Å². The summed E-state index contributed by atoms with van der Waals surface area (Å²) >= 11 is 0. The molecule has 0 bridgehead atoms. The molecule has 202 valence electrons. The van der Waals surface area contributed by atoms with E-state index in [1.807, 2.05) is 12.3 Å². The van der Waals surface area contributed by atoms with E-state index in [2.05, 4.69) is 70.2 Å². The summed E-state index contributed by atoms with van der Waals surface area (Å²) in [5.41, 5.74) is 0.500. The average molecular weight is 529 g/mol. The Morgan fingerprint density at radius 1 is 1.15 bits per heavy atom. The minimum Gasteiger partial charge on any atom is -0.390 e. The summed E-state index contributed by atoms with van der Waals surface area (Å²) in [5, 5.41) is 34.0. The fraction of sp³-hybridized carbons (Fsp3) is 0.483. The Morgan fingerprint density at radius 3 is 2.59 bits per heavy atom. The second-order valence-electron chi connectivity index (χ2n) is 11.1. The second-order valence-corrected chi connectivity index (χ2v) is 11.1. The van der Waals surface area contributed by atoms with E-state index in [9.17, 15) is 20.0 Å². The Kier molecular flexibility index (Phi) is 7.00. The maximum Gasteiger partial charge on any atom is 0.227 e. The van der Waals surface area contributed by atoms with E-state index in [0.29, 0.717) is 37.1 Å². The Hall–Kier alpha value is -4.02. The number of nitriles is 2. The van der Waals surface area contributed by atoms with Crippen LogP contribution in [0.1, 0.15) is 45.6 Å². The first-order chi connectivity index (χ1) is 18.6. The molecule has 0 radical (unpaired) electrons. The minimum atomic E-state index is -1.73. The smallest absolute Gasteiger partial charge is 0.227 e. The molecule has 4 heterocycles. The molecule has 9 nitrogen and oxygen atoms in total. The highest BCUT2D eigenvalue weighted by molar-refractivity contribution is 5.98. The van der Waals surface area contributed by atoms with Gasteiger partial charge < -0.3 is 20.2 Å². The lowest BCUT2D eigenvalue weighted by Gasteiger charge is -2.49. The molecule has 39 heavy (non-hydrogen) atoms. The van der Waals surface area contributed by atoms with Gasteiger partial charge in [-0.3, -0.25) is 0 Å². The lowest BCUT2D eigenvalue weighted by molar-refractivity contribution is -0.00860. The summed E-state index contributed by atoms with van der Waals surface area (Å²) < 4.78 is 14.7. The topological polar surface area (TPSA) is 125 Å². The fourth-order valence-corrected chi connectivity index (χ4v) is 5.64. The van der Waals surface area contributed by atoms with Crippen molar-refractivity contribution in [2.24, 2.45) is 11.8 Å². The summed E-state index contributed by atoms with van der Waals surface area (Å²) in [4.78, 5) is 17.6. The Bertz CT molecular complexity index is 1450. The molecule has 0 amide bonds. The third-order valence-electron chi connectivity index (χ3n) is 8.12. The predicted molar refractivity (Wildman–Crippen MR) is 149 cm³/mol. The van der Waals surface area contributed by atoms with Crippen LogP contribution in [-0.4, -0.2) is 57.5 Å². The Balaban J connectivity index is 1.42. The number of anilines is 4. The number of nitrogens with zero attached hydrogens (tertiary/aromatic N) is 7. The van der Waals surface area contributed by atoms with Crippen LogP contribution in [0.5, 0.6) is 0 Å². The summed E-state index contributed by atoms with van der Waals surface area (Å²) in [6.45, 7) is 8.90. The van der Waals surface area contributed by atoms with Gasteiger partial charge >= 0.3 is 0 Å². The number of alkyl halides is 1. The first-order valence-electron chi connectivity index (χ1n) is 13.3. The molecule has 10 heteroatoms. The van der Waals surface area contributed by atoms with Gasteiger partial charge in [0.05, 0.1) is 24.8 Å². The van der Waals surface area contributed by atoms with Crippen LogP contribution >= 0.6 is 0 Å². The zero-order valence-corrected chi connectivity index (χ0v) is 22.6. The number of piperidine rings is 1. The molecule has 2 aliphatic heterocycles.